The van der Waals surface area contributed by atoms with Crippen LogP contribution in [-0.4, -0.2) is 26.2 Å². The minimum atomic E-state index is -0.633. The topological polar surface area (TPSA) is 71.3 Å². The first-order valence-corrected chi connectivity index (χ1v) is 8.44. The molecule has 1 N–H and O–H groups in total. The van der Waals surface area contributed by atoms with E-state index in [2.05, 4.69) is 5.32 Å². The van der Waals surface area contributed by atoms with Crippen molar-refractivity contribution in [1.29, 1.82) is 5.26 Å². The van der Waals surface area contributed by atoms with E-state index in [1.54, 1.807) is 18.2 Å². The highest BCUT2D eigenvalue weighted by Crippen LogP contribution is 2.27. The molecule has 0 aliphatic rings. The SMILES string of the molecule is COc1cc(C#N)ccc1OCCCC(=O)NCCc1cc(F)cc(F)c1. The fourth-order valence-corrected chi connectivity index (χ4v) is 2.46. The lowest BCUT2D eigenvalue weighted by Gasteiger charge is -2.11. The Balaban J connectivity index is 1.68. The van der Waals surface area contributed by atoms with Gasteiger partial charge < -0.3 is 14.8 Å². The van der Waals surface area contributed by atoms with E-state index >= 15 is 0 Å². The highest BCUT2D eigenvalue weighted by Gasteiger charge is 2.07. The van der Waals surface area contributed by atoms with E-state index in [1.165, 1.54) is 19.2 Å². The van der Waals surface area contributed by atoms with Gasteiger partial charge in [0.05, 0.1) is 25.3 Å². The number of benzene rings is 2. The lowest BCUT2D eigenvalue weighted by Crippen LogP contribution is -2.25. The van der Waals surface area contributed by atoms with Gasteiger partial charge in [0.15, 0.2) is 11.5 Å². The summed E-state index contributed by atoms with van der Waals surface area (Å²) < 4.78 is 36.9. The third-order valence-corrected chi connectivity index (χ3v) is 3.76. The van der Waals surface area contributed by atoms with Crippen LogP contribution >= 0.6 is 0 Å². The summed E-state index contributed by atoms with van der Waals surface area (Å²) in [5, 5.41) is 11.6. The molecule has 0 fully saturated rings. The van der Waals surface area contributed by atoms with Gasteiger partial charge in [-0.25, -0.2) is 8.78 Å². The number of nitrogens with one attached hydrogen (secondary N) is 1. The molecule has 0 aliphatic heterocycles. The highest BCUT2D eigenvalue weighted by molar-refractivity contribution is 5.75. The molecular formula is C20H20F2N2O3. The molecule has 2 rings (SSSR count). The second kappa shape index (κ2) is 10.1. The fourth-order valence-electron chi connectivity index (χ4n) is 2.46. The number of rotatable bonds is 9. The molecule has 2 aromatic carbocycles. The van der Waals surface area contributed by atoms with E-state index in [4.69, 9.17) is 14.7 Å². The molecule has 1 amide bonds. The van der Waals surface area contributed by atoms with Gasteiger partial charge >= 0.3 is 0 Å². The number of nitriles is 1. The summed E-state index contributed by atoms with van der Waals surface area (Å²) in [6.07, 6.45) is 1.10. The van der Waals surface area contributed by atoms with Gasteiger partial charge in [0.25, 0.3) is 0 Å². The van der Waals surface area contributed by atoms with Crippen molar-refractivity contribution in [2.24, 2.45) is 0 Å². The number of methoxy groups -OCH3 is 1. The predicted octanol–water partition coefficient (Wildman–Crippen LogP) is 3.36. The largest absolute Gasteiger partial charge is 0.493 e. The molecule has 2 aromatic rings. The van der Waals surface area contributed by atoms with Crippen LogP contribution in [0.2, 0.25) is 0 Å². The van der Waals surface area contributed by atoms with Crippen molar-refractivity contribution >= 4 is 5.91 Å². The van der Waals surface area contributed by atoms with Crippen molar-refractivity contribution in [2.45, 2.75) is 19.3 Å². The third kappa shape index (κ3) is 6.59. The van der Waals surface area contributed by atoms with E-state index in [0.717, 1.165) is 6.07 Å². The van der Waals surface area contributed by atoms with Crippen LogP contribution in [0.1, 0.15) is 24.0 Å². The Morgan fingerprint density at radius 1 is 1.15 bits per heavy atom. The van der Waals surface area contributed by atoms with Crippen molar-refractivity contribution in [3.8, 4) is 17.6 Å². The van der Waals surface area contributed by atoms with Crippen molar-refractivity contribution < 1.29 is 23.0 Å². The van der Waals surface area contributed by atoms with Crippen molar-refractivity contribution in [2.75, 3.05) is 20.3 Å². The Kier molecular flexibility index (Phi) is 7.56. The van der Waals surface area contributed by atoms with Gasteiger partial charge in [-0.3, -0.25) is 4.79 Å². The van der Waals surface area contributed by atoms with Gasteiger partial charge in [-0.05, 0) is 42.7 Å². The average Bonchev–Trinajstić information content (AvgIpc) is 2.64. The molecule has 0 atom stereocenters. The van der Waals surface area contributed by atoms with E-state index in [1.807, 2.05) is 6.07 Å². The molecule has 0 saturated carbocycles. The smallest absolute Gasteiger partial charge is 0.220 e. The first kappa shape index (κ1) is 20.2. The Morgan fingerprint density at radius 2 is 1.89 bits per heavy atom. The molecule has 0 saturated heterocycles. The fraction of sp³-hybridized carbons (Fsp3) is 0.300. The van der Waals surface area contributed by atoms with Crippen LogP contribution in [0.4, 0.5) is 8.78 Å². The first-order chi connectivity index (χ1) is 13.0. The Bertz CT molecular complexity index is 814. The molecule has 0 radical (unpaired) electrons. The van der Waals surface area contributed by atoms with Crippen LogP contribution < -0.4 is 14.8 Å². The van der Waals surface area contributed by atoms with Gasteiger partial charge in [-0.2, -0.15) is 5.26 Å². The van der Waals surface area contributed by atoms with E-state index in [9.17, 15) is 13.6 Å². The van der Waals surface area contributed by atoms with Crippen LogP contribution in [-0.2, 0) is 11.2 Å². The summed E-state index contributed by atoms with van der Waals surface area (Å²) in [6.45, 7) is 0.608. The molecule has 7 heteroatoms. The number of amides is 1. The van der Waals surface area contributed by atoms with Gasteiger partial charge in [-0.15, -0.1) is 0 Å². The third-order valence-electron chi connectivity index (χ3n) is 3.76. The van der Waals surface area contributed by atoms with Gasteiger partial charge in [-0.1, -0.05) is 0 Å². The number of nitrogens with zero attached hydrogens (tertiary/aromatic N) is 1. The lowest BCUT2D eigenvalue weighted by molar-refractivity contribution is -0.121. The zero-order valence-corrected chi connectivity index (χ0v) is 14.9. The predicted molar refractivity (Wildman–Crippen MR) is 95.5 cm³/mol. The first-order valence-electron chi connectivity index (χ1n) is 8.44. The summed E-state index contributed by atoms with van der Waals surface area (Å²) in [4.78, 5) is 11.8. The highest BCUT2D eigenvalue weighted by atomic mass is 19.1. The minimum absolute atomic E-state index is 0.165. The summed E-state index contributed by atoms with van der Waals surface area (Å²) in [5.41, 5.74) is 0.959. The van der Waals surface area contributed by atoms with Crippen LogP contribution in [0, 0.1) is 23.0 Å². The molecule has 5 nitrogen and oxygen atoms in total. The molecule has 27 heavy (non-hydrogen) atoms. The molecule has 0 unspecified atom stereocenters. The number of halogens is 2. The van der Waals surface area contributed by atoms with E-state index < -0.39 is 11.6 Å². The monoisotopic (exact) mass is 374 g/mol. The van der Waals surface area contributed by atoms with Gasteiger partial charge in [0.2, 0.25) is 5.91 Å². The maximum Gasteiger partial charge on any atom is 0.220 e. The number of carbonyl (C=O) groups is 1. The second-order valence-corrected chi connectivity index (χ2v) is 5.81. The summed E-state index contributed by atoms with van der Waals surface area (Å²) in [5.74, 6) is -0.466. The Morgan fingerprint density at radius 3 is 2.56 bits per heavy atom. The maximum absolute atomic E-state index is 13.1. The summed E-state index contributed by atoms with van der Waals surface area (Å²) >= 11 is 0. The van der Waals surface area contributed by atoms with Crippen LogP contribution in [0.25, 0.3) is 0 Å². The van der Waals surface area contributed by atoms with Gasteiger partial charge in [0, 0.05) is 25.1 Å². The Labute approximate surface area is 156 Å². The molecule has 0 heterocycles. The van der Waals surface area contributed by atoms with Crippen molar-refractivity contribution in [3.05, 3.63) is 59.2 Å². The molecule has 0 spiro atoms. The average molecular weight is 374 g/mol. The summed E-state index contributed by atoms with van der Waals surface area (Å²) in [6, 6.07) is 10.2. The van der Waals surface area contributed by atoms with E-state index in [-0.39, 0.29) is 12.3 Å². The van der Waals surface area contributed by atoms with E-state index in [0.29, 0.717) is 48.6 Å². The zero-order chi connectivity index (χ0) is 19.6. The van der Waals surface area contributed by atoms with Crippen LogP contribution in [0.15, 0.2) is 36.4 Å². The van der Waals surface area contributed by atoms with Crippen molar-refractivity contribution in [3.63, 3.8) is 0 Å². The summed E-state index contributed by atoms with van der Waals surface area (Å²) in [7, 11) is 1.49. The Hall–Kier alpha value is -3.14. The zero-order valence-electron chi connectivity index (χ0n) is 14.9. The molecule has 0 bridgehead atoms. The normalized spacial score (nSPS) is 10.1. The number of hydrogen-bond acceptors (Lipinski definition) is 4. The van der Waals surface area contributed by atoms with Crippen LogP contribution in [0.3, 0.4) is 0 Å². The minimum Gasteiger partial charge on any atom is -0.493 e. The molecule has 0 aromatic heterocycles. The molecule has 142 valence electrons. The quantitative estimate of drug-likeness (QED) is 0.683. The molecular weight excluding hydrogens is 354 g/mol. The second-order valence-electron chi connectivity index (χ2n) is 5.81. The lowest BCUT2D eigenvalue weighted by atomic mass is 10.1. The number of ether oxygens (including phenoxy) is 2. The van der Waals surface area contributed by atoms with Crippen LogP contribution in [0.5, 0.6) is 11.5 Å². The maximum atomic E-state index is 13.1. The number of carbonyl (C=O) groups excluding carboxylic acids is 1. The standard InChI is InChI=1S/C20H20F2N2O3/c1-26-19-11-15(13-23)4-5-18(19)27-8-2-3-20(25)24-7-6-14-9-16(21)12-17(22)10-14/h4-5,9-12H,2-3,6-8H2,1H3,(H,24,25). The van der Waals surface area contributed by atoms with Gasteiger partial charge in [0.1, 0.15) is 11.6 Å². The molecule has 0 aliphatic carbocycles. The van der Waals surface area contributed by atoms with Crippen molar-refractivity contribution in [1.82, 2.24) is 5.32 Å². The number of hydrogen-bond donors (Lipinski definition) is 1.